The summed E-state index contributed by atoms with van der Waals surface area (Å²) in [6, 6.07) is 0. The maximum Gasteiger partial charge on any atom is 0.00660 e. The van der Waals surface area contributed by atoms with Gasteiger partial charge < -0.3 is 0 Å². The molecular formula is C15H23Br. The molecule has 90 valence electrons. The number of hydrogen-bond donors (Lipinski definition) is 0. The van der Waals surface area contributed by atoms with Crippen molar-refractivity contribution in [2.75, 3.05) is 5.33 Å². The van der Waals surface area contributed by atoms with Crippen LogP contribution in [0.4, 0.5) is 0 Å². The molecule has 0 aromatic heterocycles. The van der Waals surface area contributed by atoms with Crippen LogP contribution in [0.2, 0.25) is 0 Å². The number of allylic oxidation sites excluding steroid dienone is 2. The van der Waals surface area contributed by atoms with Crippen molar-refractivity contribution in [3.8, 4) is 0 Å². The van der Waals surface area contributed by atoms with Crippen molar-refractivity contribution in [1.82, 2.24) is 0 Å². The Kier molecular flexibility index (Phi) is 2.94. The Morgan fingerprint density at radius 2 is 1.50 bits per heavy atom. The molecule has 0 radical (unpaired) electrons. The Bertz CT molecular complexity index is 261. The van der Waals surface area contributed by atoms with E-state index in [-0.39, 0.29) is 0 Å². The van der Waals surface area contributed by atoms with Gasteiger partial charge >= 0.3 is 0 Å². The molecule has 0 aliphatic heterocycles. The Labute approximate surface area is 108 Å². The van der Waals surface area contributed by atoms with Crippen molar-refractivity contribution < 1.29 is 0 Å². The van der Waals surface area contributed by atoms with Crippen molar-refractivity contribution in [2.24, 2.45) is 23.2 Å². The van der Waals surface area contributed by atoms with Crippen molar-refractivity contribution in [2.45, 2.75) is 51.9 Å². The molecule has 3 fully saturated rings. The molecule has 3 aliphatic rings. The second-order valence-electron chi connectivity index (χ2n) is 6.12. The van der Waals surface area contributed by atoms with Gasteiger partial charge in [-0.05, 0) is 75.0 Å². The van der Waals surface area contributed by atoms with Crippen LogP contribution in [0.5, 0.6) is 0 Å². The van der Waals surface area contributed by atoms with Gasteiger partial charge in [0.25, 0.3) is 0 Å². The minimum atomic E-state index is 0.683. The van der Waals surface area contributed by atoms with E-state index in [2.05, 4.69) is 28.9 Å². The third-order valence-electron chi connectivity index (χ3n) is 5.00. The first kappa shape index (κ1) is 11.3. The predicted molar refractivity (Wildman–Crippen MR) is 72.8 cm³/mol. The quantitative estimate of drug-likeness (QED) is 0.478. The van der Waals surface area contributed by atoms with E-state index in [0.29, 0.717) is 5.41 Å². The van der Waals surface area contributed by atoms with Crippen LogP contribution in [0.25, 0.3) is 0 Å². The maximum absolute atomic E-state index is 3.56. The summed E-state index contributed by atoms with van der Waals surface area (Å²) in [6.07, 6.45) is 12.9. The molecule has 0 spiro atoms. The number of hydrogen-bond acceptors (Lipinski definition) is 0. The van der Waals surface area contributed by atoms with Crippen molar-refractivity contribution in [3.63, 3.8) is 0 Å². The smallest absolute Gasteiger partial charge is 0.00660 e. The van der Waals surface area contributed by atoms with E-state index in [9.17, 15) is 0 Å². The third kappa shape index (κ3) is 1.79. The minimum Gasteiger partial charge on any atom is -0.0925 e. The number of halogens is 1. The minimum absolute atomic E-state index is 0.683. The topological polar surface area (TPSA) is 0 Å². The van der Waals surface area contributed by atoms with Gasteiger partial charge in [-0.1, -0.05) is 27.6 Å². The number of rotatable bonds is 6. The summed E-state index contributed by atoms with van der Waals surface area (Å²) in [5.41, 5.74) is 2.45. The molecule has 3 aliphatic carbocycles. The zero-order chi connectivity index (χ0) is 11.2. The molecular weight excluding hydrogens is 260 g/mol. The van der Waals surface area contributed by atoms with Crippen molar-refractivity contribution in [3.05, 3.63) is 11.6 Å². The first-order valence-electron chi connectivity index (χ1n) is 7.03. The van der Waals surface area contributed by atoms with Gasteiger partial charge in [-0.3, -0.25) is 0 Å². The lowest BCUT2D eigenvalue weighted by atomic mass is 9.67. The lowest BCUT2D eigenvalue weighted by Crippen LogP contribution is -2.30. The molecule has 1 heteroatoms. The van der Waals surface area contributed by atoms with E-state index < -0.39 is 0 Å². The third-order valence-corrected chi connectivity index (χ3v) is 5.46. The van der Waals surface area contributed by atoms with Gasteiger partial charge in [0.2, 0.25) is 0 Å². The van der Waals surface area contributed by atoms with Gasteiger partial charge in [0.15, 0.2) is 0 Å². The summed E-state index contributed by atoms with van der Waals surface area (Å²) in [5, 5.41) is 1.13. The highest BCUT2D eigenvalue weighted by Gasteiger charge is 2.61. The molecule has 16 heavy (non-hydrogen) atoms. The summed E-state index contributed by atoms with van der Waals surface area (Å²) in [5.74, 6) is 3.21. The second-order valence-corrected chi connectivity index (χ2v) is 6.91. The molecule has 0 nitrogen and oxygen atoms in total. The lowest BCUT2D eigenvalue weighted by Gasteiger charge is -2.37. The summed E-state index contributed by atoms with van der Waals surface area (Å²) < 4.78 is 0. The summed E-state index contributed by atoms with van der Waals surface area (Å²) in [7, 11) is 0. The average Bonchev–Trinajstić information content (AvgIpc) is 3.17. The molecule has 0 N–H and O–H groups in total. The molecule has 0 amide bonds. The van der Waals surface area contributed by atoms with Crippen LogP contribution < -0.4 is 0 Å². The zero-order valence-corrected chi connectivity index (χ0v) is 11.9. The first-order chi connectivity index (χ1) is 7.80. The van der Waals surface area contributed by atoms with Gasteiger partial charge in [-0.2, -0.15) is 0 Å². The molecule has 0 unspecified atom stereocenters. The van der Waals surface area contributed by atoms with E-state index in [1.54, 1.807) is 5.57 Å². The standard InChI is InChI=1S/C15H23Br/c1-11(3-2-10-16)15(12-4-5-12,13-6-7-13)14-8-9-14/h3,12-14H,2,4-10H2,1H3. The highest BCUT2D eigenvalue weighted by atomic mass is 79.9. The first-order valence-corrected chi connectivity index (χ1v) is 8.15. The van der Waals surface area contributed by atoms with Crippen LogP contribution >= 0.6 is 15.9 Å². The van der Waals surface area contributed by atoms with Crippen LogP contribution in [0.15, 0.2) is 11.6 Å². The molecule has 0 atom stereocenters. The highest BCUT2D eigenvalue weighted by Crippen LogP contribution is 2.69. The summed E-state index contributed by atoms with van der Waals surface area (Å²) >= 11 is 3.56. The fourth-order valence-corrected chi connectivity index (χ4v) is 4.33. The largest absolute Gasteiger partial charge is 0.0925 e. The normalized spacial score (nSPS) is 27.2. The van der Waals surface area contributed by atoms with Crippen molar-refractivity contribution >= 4 is 15.9 Å². The van der Waals surface area contributed by atoms with E-state index in [4.69, 9.17) is 0 Å². The van der Waals surface area contributed by atoms with Gasteiger partial charge in [-0.25, -0.2) is 0 Å². The van der Waals surface area contributed by atoms with Gasteiger partial charge in [0.1, 0.15) is 0 Å². The van der Waals surface area contributed by atoms with E-state index in [0.717, 1.165) is 23.1 Å². The van der Waals surface area contributed by atoms with Crippen LogP contribution in [-0.4, -0.2) is 5.33 Å². The average molecular weight is 283 g/mol. The Balaban J connectivity index is 1.87. The molecule has 0 bridgehead atoms. The van der Waals surface area contributed by atoms with Crippen molar-refractivity contribution in [1.29, 1.82) is 0 Å². The molecule has 0 aromatic carbocycles. The Hall–Kier alpha value is 0.220. The summed E-state index contributed by atoms with van der Waals surface area (Å²) in [4.78, 5) is 0. The Morgan fingerprint density at radius 3 is 1.81 bits per heavy atom. The molecule has 3 rings (SSSR count). The molecule has 0 saturated heterocycles. The fourth-order valence-electron chi connectivity index (χ4n) is 4.10. The van der Waals surface area contributed by atoms with Crippen LogP contribution in [-0.2, 0) is 0 Å². The second kappa shape index (κ2) is 4.15. The zero-order valence-electron chi connectivity index (χ0n) is 10.3. The van der Waals surface area contributed by atoms with Gasteiger partial charge in [0.05, 0.1) is 0 Å². The lowest BCUT2D eigenvalue weighted by molar-refractivity contribution is 0.209. The fraction of sp³-hybridized carbons (Fsp3) is 0.867. The predicted octanol–water partition coefficient (Wildman–Crippen LogP) is 4.93. The van der Waals surface area contributed by atoms with Gasteiger partial charge in [-0.15, -0.1) is 0 Å². The van der Waals surface area contributed by atoms with E-state index in [1.807, 2.05) is 0 Å². The summed E-state index contributed by atoms with van der Waals surface area (Å²) in [6.45, 7) is 2.44. The van der Waals surface area contributed by atoms with Crippen LogP contribution in [0.3, 0.4) is 0 Å². The monoisotopic (exact) mass is 282 g/mol. The number of alkyl halides is 1. The van der Waals surface area contributed by atoms with Crippen LogP contribution in [0.1, 0.15) is 51.9 Å². The Morgan fingerprint density at radius 1 is 1.06 bits per heavy atom. The van der Waals surface area contributed by atoms with Gasteiger partial charge in [0, 0.05) is 5.33 Å². The SMILES string of the molecule is CC(=CCCBr)C(C1CC1)(C1CC1)C1CC1. The van der Waals surface area contributed by atoms with E-state index in [1.165, 1.54) is 44.9 Å². The van der Waals surface area contributed by atoms with Crippen LogP contribution in [0, 0.1) is 23.2 Å². The molecule has 0 heterocycles. The molecule has 0 aromatic rings. The maximum atomic E-state index is 3.56. The molecule has 3 saturated carbocycles. The van der Waals surface area contributed by atoms with E-state index >= 15 is 0 Å². The highest BCUT2D eigenvalue weighted by molar-refractivity contribution is 9.09.